The number of benzene rings is 1. The molecule has 8 nitrogen and oxygen atoms in total. The van der Waals surface area contributed by atoms with Gasteiger partial charge in [-0.3, -0.25) is 0 Å². The Kier molecular flexibility index (Phi) is 6.70. The van der Waals surface area contributed by atoms with Gasteiger partial charge in [0.1, 0.15) is 0 Å². The fraction of sp³-hybridized carbons (Fsp3) is 0.650. The minimum Gasteiger partial charge on any atom is -0.394 e. The predicted molar refractivity (Wildman–Crippen MR) is 111 cm³/mol. The Bertz CT molecular complexity index is 928. The van der Waals surface area contributed by atoms with Crippen molar-refractivity contribution in [3.8, 4) is 11.4 Å². The van der Waals surface area contributed by atoms with Crippen molar-refractivity contribution >= 4 is 10.0 Å². The van der Waals surface area contributed by atoms with E-state index >= 15 is 0 Å². The number of rotatable bonds is 7. The van der Waals surface area contributed by atoms with E-state index in [1.54, 1.807) is 12.1 Å². The highest BCUT2D eigenvalue weighted by Crippen LogP contribution is 2.31. The molecular weight excluding hydrogens is 390 g/mol. The molecule has 1 aromatic carbocycles. The Hall–Kier alpha value is -1.84. The van der Waals surface area contributed by atoms with Crippen LogP contribution in [0.15, 0.2) is 23.1 Å². The highest BCUT2D eigenvalue weighted by atomic mass is 32.2. The van der Waals surface area contributed by atoms with Crippen LogP contribution >= 0.6 is 0 Å². The molecule has 1 heterocycles. The van der Waals surface area contributed by atoms with Gasteiger partial charge in [-0.25, -0.2) is 13.1 Å². The number of hydrogen-bond acceptors (Lipinski definition) is 6. The molecule has 1 aromatic heterocycles. The Balaban J connectivity index is 1.99. The van der Waals surface area contributed by atoms with Gasteiger partial charge in [0.25, 0.3) is 0 Å². The minimum atomic E-state index is -3.67. The van der Waals surface area contributed by atoms with E-state index in [4.69, 9.17) is 5.11 Å². The highest BCUT2D eigenvalue weighted by molar-refractivity contribution is 7.89. The number of aliphatic hydroxyl groups excluding tert-OH is 1. The Morgan fingerprint density at radius 2 is 1.93 bits per heavy atom. The van der Waals surface area contributed by atoms with Crippen molar-refractivity contribution in [1.29, 1.82) is 0 Å². The summed E-state index contributed by atoms with van der Waals surface area (Å²) in [6.07, 6.45) is 7.03. The predicted octanol–water partition coefficient (Wildman–Crippen LogP) is 2.53. The SMILES string of the molecule is CC(C)(C)NS(=O)(=O)c1ccc(CC2CCCCC2)c(-c2nnn(CCO)n2)c1. The summed E-state index contributed by atoms with van der Waals surface area (Å²) in [6.45, 7) is 5.59. The van der Waals surface area contributed by atoms with E-state index in [0.717, 1.165) is 12.0 Å². The van der Waals surface area contributed by atoms with Crippen LogP contribution in [0.25, 0.3) is 11.4 Å². The van der Waals surface area contributed by atoms with E-state index in [-0.39, 0.29) is 18.0 Å². The smallest absolute Gasteiger partial charge is 0.241 e. The van der Waals surface area contributed by atoms with Gasteiger partial charge < -0.3 is 5.11 Å². The monoisotopic (exact) mass is 421 g/mol. The van der Waals surface area contributed by atoms with Gasteiger partial charge in [0.2, 0.25) is 15.8 Å². The normalized spacial score (nSPS) is 16.3. The molecule has 0 atom stereocenters. The molecule has 0 amide bonds. The molecule has 0 aliphatic heterocycles. The number of sulfonamides is 1. The van der Waals surface area contributed by atoms with Crippen molar-refractivity contribution in [2.75, 3.05) is 6.61 Å². The van der Waals surface area contributed by atoms with Gasteiger partial charge >= 0.3 is 0 Å². The van der Waals surface area contributed by atoms with Crippen LogP contribution in [0.5, 0.6) is 0 Å². The maximum absolute atomic E-state index is 12.8. The second-order valence-corrected chi connectivity index (χ2v) is 10.5. The summed E-state index contributed by atoms with van der Waals surface area (Å²) >= 11 is 0. The van der Waals surface area contributed by atoms with E-state index in [1.165, 1.54) is 36.9 Å². The number of hydrogen-bond donors (Lipinski definition) is 2. The standard InChI is InChI=1S/C20H31N5O3S/c1-20(2,3)23-29(27,28)17-10-9-16(13-15-7-5-4-6-8-15)18(14-17)19-21-24-25(22-19)11-12-26/h9-10,14-15,23,26H,4-8,11-13H2,1-3H3. The van der Waals surface area contributed by atoms with Gasteiger partial charge in [0.05, 0.1) is 18.0 Å². The molecule has 1 aliphatic carbocycles. The fourth-order valence-electron chi connectivity index (χ4n) is 3.81. The molecular formula is C20H31N5O3S. The van der Waals surface area contributed by atoms with Crippen LogP contribution in [0.4, 0.5) is 0 Å². The molecule has 1 fully saturated rings. The summed E-state index contributed by atoms with van der Waals surface area (Å²) in [5.41, 5.74) is 1.15. The molecule has 9 heteroatoms. The van der Waals surface area contributed by atoms with Crippen LogP contribution < -0.4 is 4.72 Å². The zero-order chi connectivity index (χ0) is 21.1. The van der Waals surface area contributed by atoms with Crippen molar-refractivity contribution in [2.45, 2.75) is 76.3 Å². The number of nitrogens with one attached hydrogen (secondary N) is 1. The zero-order valence-electron chi connectivity index (χ0n) is 17.4. The molecule has 0 saturated heterocycles. The lowest BCUT2D eigenvalue weighted by atomic mass is 9.84. The van der Waals surface area contributed by atoms with E-state index in [1.807, 2.05) is 26.8 Å². The van der Waals surface area contributed by atoms with Crippen LogP contribution in [0.3, 0.4) is 0 Å². The largest absolute Gasteiger partial charge is 0.394 e. The second kappa shape index (κ2) is 8.89. The second-order valence-electron chi connectivity index (χ2n) is 8.82. The lowest BCUT2D eigenvalue weighted by Gasteiger charge is -2.23. The molecule has 0 radical (unpaired) electrons. The van der Waals surface area contributed by atoms with Crippen molar-refractivity contribution in [1.82, 2.24) is 24.9 Å². The van der Waals surface area contributed by atoms with Crippen molar-refractivity contribution in [3.63, 3.8) is 0 Å². The lowest BCUT2D eigenvalue weighted by Crippen LogP contribution is -2.40. The summed E-state index contributed by atoms with van der Waals surface area (Å²) in [7, 11) is -3.67. The van der Waals surface area contributed by atoms with Gasteiger partial charge in [-0.15, -0.1) is 10.2 Å². The molecule has 3 rings (SSSR count). The van der Waals surface area contributed by atoms with Gasteiger partial charge in [-0.2, -0.15) is 4.80 Å². The first-order chi connectivity index (χ1) is 13.7. The third kappa shape index (κ3) is 5.83. The van der Waals surface area contributed by atoms with Crippen molar-refractivity contribution in [3.05, 3.63) is 23.8 Å². The molecule has 1 aliphatic rings. The summed E-state index contributed by atoms with van der Waals surface area (Å²) in [5.74, 6) is 0.974. The first-order valence-electron chi connectivity index (χ1n) is 10.2. The Morgan fingerprint density at radius 3 is 2.59 bits per heavy atom. The van der Waals surface area contributed by atoms with Crippen LogP contribution in [0, 0.1) is 5.92 Å². The van der Waals surface area contributed by atoms with E-state index in [2.05, 4.69) is 20.1 Å². The minimum absolute atomic E-state index is 0.0886. The van der Waals surface area contributed by atoms with Gasteiger partial charge in [-0.05, 0) is 56.0 Å². The number of aromatic nitrogens is 4. The number of tetrazole rings is 1. The molecule has 0 unspecified atom stereocenters. The molecule has 0 bridgehead atoms. The maximum Gasteiger partial charge on any atom is 0.241 e. The summed E-state index contributed by atoms with van der Waals surface area (Å²) in [6, 6.07) is 5.19. The average Bonchev–Trinajstić information content (AvgIpc) is 3.09. The Labute approximate surface area is 172 Å². The third-order valence-corrected chi connectivity index (χ3v) is 6.81. The molecule has 29 heavy (non-hydrogen) atoms. The van der Waals surface area contributed by atoms with E-state index in [9.17, 15) is 8.42 Å². The van der Waals surface area contributed by atoms with E-state index < -0.39 is 15.6 Å². The van der Waals surface area contributed by atoms with E-state index in [0.29, 0.717) is 17.3 Å². The molecule has 160 valence electrons. The summed E-state index contributed by atoms with van der Waals surface area (Å²) in [4.78, 5) is 1.52. The molecule has 1 saturated carbocycles. The number of aliphatic hydroxyl groups is 1. The maximum atomic E-state index is 12.8. The van der Waals surface area contributed by atoms with Crippen molar-refractivity contribution in [2.24, 2.45) is 5.92 Å². The zero-order valence-corrected chi connectivity index (χ0v) is 18.2. The van der Waals surface area contributed by atoms with Crippen LogP contribution in [0.2, 0.25) is 0 Å². The van der Waals surface area contributed by atoms with Crippen molar-refractivity contribution < 1.29 is 13.5 Å². The lowest BCUT2D eigenvalue weighted by molar-refractivity contribution is 0.259. The van der Waals surface area contributed by atoms with Gasteiger partial charge in [0.15, 0.2) is 0 Å². The summed E-state index contributed by atoms with van der Waals surface area (Å²) < 4.78 is 28.4. The topological polar surface area (TPSA) is 110 Å². The highest BCUT2D eigenvalue weighted by Gasteiger charge is 2.25. The first kappa shape index (κ1) is 21.9. The van der Waals surface area contributed by atoms with Gasteiger partial charge in [0, 0.05) is 11.1 Å². The fourth-order valence-corrected chi connectivity index (χ4v) is 5.25. The van der Waals surface area contributed by atoms with Crippen LogP contribution in [-0.4, -0.2) is 45.9 Å². The Morgan fingerprint density at radius 1 is 1.21 bits per heavy atom. The first-order valence-corrected chi connectivity index (χ1v) is 11.7. The van der Waals surface area contributed by atoms with Gasteiger partial charge in [-0.1, -0.05) is 38.2 Å². The molecule has 2 N–H and O–H groups in total. The van der Waals surface area contributed by atoms with Crippen LogP contribution in [0.1, 0.15) is 58.4 Å². The average molecular weight is 422 g/mol. The number of nitrogens with zero attached hydrogens (tertiary/aromatic N) is 4. The molecule has 2 aromatic rings. The van der Waals surface area contributed by atoms with Crippen LogP contribution in [-0.2, 0) is 23.0 Å². The quantitative estimate of drug-likeness (QED) is 0.711. The summed E-state index contributed by atoms with van der Waals surface area (Å²) in [5, 5.41) is 21.5. The third-order valence-electron chi connectivity index (χ3n) is 5.06. The molecule has 0 spiro atoms.